The topological polar surface area (TPSA) is 67.3 Å². The molecule has 1 atom stereocenters. The zero-order valence-corrected chi connectivity index (χ0v) is 15.3. The lowest BCUT2D eigenvalue weighted by Gasteiger charge is -2.20. The van der Waals surface area contributed by atoms with Gasteiger partial charge in [0.1, 0.15) is 30.1 Å². The molecule has 1 aliphatic rings. The number of hydrogen-bond donors (Lipinski definition) is 2. The predicted molar refractivity (Wildman–Crippen MR) is 97.5 cm³/mol. The van der Waals surface area contributed by atoms with E-state index in [0.717, 1.165) is 40.4 Å². The Morgan fingerprint density at radius 2 is 2.04 bits per heavy atom. The minimum atomic E-state index is -0.619. The maximum Gasteiger partial charge on any atom is 0.133 e. The quantitative estimate of drug-likeness (QED) is 0.790. The standard InChI is InChI=1S/C18H22BrN3O2/c1-12-21-16-8-4-2-6-14(16)18(22-12)20-10-13(23)11-24-17-9-5-3-7-15(17)19/h3,5,7,9,13,23H,2,4,6,8,10-11H2,1H3,(H,20,21,22). The molecule has 0 saturated carbocycles. The van der Waals surface area contributed by atoms with E-state index in [1.165, 1.54) is 18.4 Å². The number of anilines is 1. The lowest BCUT2D eigenvalue weighted by atomic mass is 9.96. The molecule has 1 aromatic carbocycles. The molecule has 0 radical (unpaired) electrons. The highest BCUT2D eigenvalue weighted by atomic mass is 79.9. The van der Waals surface area contributed by atoms with Crippen molar-refractivity contribution in [2.45, 2.75) is 38.7 Å². The van der Waals surface area contributed by atoms with Gasteiger partial charge in [0.25, 0.3) is 0 Å². The van der Waals surface area contributed by atoms with Gasteiger partial charge in [-0.1, -0.05) is 12.1 Å². The van der Waals surface area contributed by atoms with Crippen LogP contribution in [0.4, 0.5) is 5.82 Å². The smallest absolute Gasteiger partial charge is 0.133 e. The molecule has 128 valence electrons. The van der Waals surface area contributed by atoms with Gasteiger partial charge in [-0.15, -0.1) is 0 Å². The summed E-state index contributed by atoms with van der Waals surface area (Å²) < 4.78 is 6.53. The van der Waals surface area contributed by atoms with Crippen LogP contribution in [-0.4, -0.2) is 34.3 Å². The monoisotopic (exact) mass is 391 g/mol. The fraction of sp³-hybridized carbons (Fsp3) is 0.444. The van der Waals surface area contributed by atoms with Gasteiger partial charge in [0.05, 0.1) is 4.47 Å². The first-order chi connectivity index (χ1) is 11.6. The molecule has 0 amide bonds. The van der Waals surface area contributed by atoms with Crippen LogP contribution in [0.1, 0.15) is 29.9 Å². The Bertz CT molecular complexity index is 709. The maximum absolute atomic E-state index is 10.2. The molecule has 6 heteroatoms. The van der Waals surface area contributed by atoms with Gasteiger partial charge in [0, 0.05) is 17.8 Å². The third kappa shape index (κ3) is 4.24. The van der Waals surface area contributed by atoms with Gasteiger partial charge in [-0.05, 0) is 60.7 Å². The second kappa shape index (κ2) is 7.94. The van der Waals surface area contributed by atoms with E-state index in [0.29, 0.717) is 6.54 Å². The molecule has 3 rings (SSSR count). The van der Waals surface area contributed by atoms with Gasteiger partial charge in [-0.2, -0.15) is 0 Å². The van der Waals surface area contributed by atoms with Crippen LogP contribution in [0.25, 0.3) is 0 Å². The molecular weight excluding hydrogens is 370 g/mol. The van der Waals surface area contributed by atoms with Crippen molar-refractivity contribution in [3.8, 4) is 5.75 Å². The van der Waals surface area contributed by atoms with E-state index < -0.39 is 6.10 Å². The molecule has 1 heterocycles. The fourth-order valence-corrected chi connectivity index (χ4v) is 3.28. The number of aromatic nitrogens is 2. The highest BCUT2D eigenvalue weighted by Crippen LogP contribution is 2.26. The van der Waals surface area contributed by atoms with Gasteiger partial charge < -0.3 is 15.2 Å². The summed E-state index contributed by atoms with van der Waals surface area (Å²) in [5, 5.41) is 13.5. The van der Waals surface area contributed by atoms with Gasteiger partial charge in [-0.25, -0.2) is 9.97 Å². The number of hydrogen-bond acceptors (Lipinski definition) is 5. The van der Waals surface area contributed by atoms with Crippen LogP contribution in [0.3, 0.4) is 0 Å². The van der Waals surface area contributed by atoms with E-state index in [-0.39, 0.29) is 6.61 Å². The Morgan fingerprint density at radius 1 is 1.25 bits per heavy atom. The van der Waals surface area contributed by atoms with E-state index in [9.17, 15) is 5.11 Å². The summed E-state index contributed by atoms with van der Waals surface area (Å²) in [7, 11) is 0. The molecule has 2 N–H and O–H groups in total. The molecule has 1 unspecified atom stereocenters. The number of nitrogens with one attached hydrogen (secondary N) is 1. The lowest BCUT2D eigenvalue weighted by molar-refractivity contribution is 0.117. The van der Waals surface area contributed by atoms with Crippen molar-refractivity contribution in [3.63, 3.8) is 0 Å². The highest BCUT2D eigenvalue weighted by Gasteiger charge is 2.17. The molecule has 0 saturated heterocycles. The number of fused-ring (bicyclic) bond motifs is 1. The Hall–Kier alpha value is -1.66. The Kier molecular flexibility index (Phi) is 5.68. The van der Waals surface area contributed by atoms with Crippen LogP contribution < -0.4 is 10.1 Å². The molecule has 0 fully saturated rings. The van der Waals surface area contributed by atoms with Gasteiger partial charge in [0.2, 0.25) is 0 Å². The Balaban J connectivity index is 1.57. The normalized spacial score (nSPS) is 14.8. The zero-order chi connectivity index (χ0) is 16.9. The van der Waals surface area contributed by atoms with Crippen molar-refractivity contribution < 1.29 is 9.84 Å². The molecule has 1 aromatic heterocycles. The summed E-state index contributed by atoms with van der Waals surface area (Å²) >= 11 is 3.43. The molecule has 1 aliphatic carbocycles. The summed E-state index contributed by atoms with van der Waals surface area (Å²) in [5.74, 6) is 2.36. The second-order valence-electron chi connectivity index (χ2n) is 6.03. The minimum Gasteiger partial charge on any atom is -0.490 e. The largest absolute Gasteiger partial charge is 0.490 e. The molecule has 0 bridgehead atoms. The van der Waals surface area contributed by atoms with Crippen LogP contribution >= 0.6 is 15.9 Å². The van der Waals surface area contributed by atoms with Crippen LogP contribution in [0.5, 0.6) is 5.75 Å². The van der Waals surface area contributed by atoms with Crippen LogP contribution in [0, 0.1) is 6.92 Å². The first-order valence-corrected chi connectivity index (χ1v) is 9.08. The maximum atomic E-state index is 10.2. The van der Waals surface area contributed by atoms with Crippen LogP contribution in [-0.2, 0) is 12.8 Å². The Labute approximate surface area is 150 Å². The summed E-state index contributed by atoms with van der Waals surface area (Å²) in [6, 6.07) is 7.61. The number of nitrogens with zero attached hydrogens (tertiary/aromatic N) is 2. The number of aryl methyl sites for hydroxylation is 2. The molecule has 24 heavy (non-hydrogen) atoms. The van der Waals surface area contributed by atoms with Crippen LogP contribution in [0.2, 0.25) is 0 Å². The van der Waals surface area contributed by atoms with Crippen molar-refractivity contribution in [1.82, 2.24) is 9.97 Å². The summed E-state index contributed by atoms with van der Waals surface area (Å²) in [6.07, 6.45) is 3.75. The predicted octanol–water partition coefficient (Wildman–Crippen LogP) is 3.28. The van der Waals surface area contributed by atoms with E-state index in [4.69, 9.17) is 4.74 Å². The van der Waals surface area contributed by atoms with Crippen molar-refractivity contribution in [3.05, 3.63) is 45.8 Å². The van der Waals surface area contributed by atoms with E-state index in [2.05, 4.69) is 31.2 Å². The van der Waals surface area contributed by atoms with Crippen molar-refractivity contribution in [2.24, 2.45) is 0 Å². The van der Waals surface area contributed by atoms with E-state index >= 15 is 0 Å². The van der Waals surface area contributed by atoms with Crippen molar-refractivity contribution >= 4 is 21.7 Å². The fourth-order valence-electron chi connectivity index (χ4n) is 2.88. The SMILES string of the molecule is Cc1nc2c(c(NCC(O)COc3ccccc3Br)n1)CCCC2. The molecule has 0 spiro atoms. The molecule has 2 aromatic rings. The highest BCUT2D eigenvalue weighted by molar-refractivity contribution is 9.10. The third-order valence-electron chi connectivity index (χ3n) is 4.07. The molecule has 0 aliphatic heterocycles. The van der Waals surface area contributed by atoms with Crippen molar-refractivity contribution in [2.75, 3.05) is 18.5 Å². The number of ether oxygens (including phenoxy) is 1. The average Bonchev–Trinajstić information content (AvgIpc) is 2.58. The molecular formula is C18H22BrN3O2. The number of benzene rings is 1. The molecule has 5 nitrogen and oxygen atoms in total. The lowest BCUT2D eigenvalue weighted by Crippen LogP contribution is -2.27. The minimum absolute atomic E-state index is 0.224. The van der Waals surface area contributed by atoms with Gasteiger partial charge in [-0.3, -0.25) is 0 Å². The average molecular weight is 392 g/mol. The first kappa shape index (κ1) is 17.2. The first-order valence-electron chi connectivity index (χ1n) is 8.29. The number of para-hydroxylation sites is 1. The second-order valence-corrected chi connectivity index (χ2v) is 6.88. The summed E-state index contributed by atoms with van der Waals surface area (Å²) in [5.41, 5.74) is 2.35. The van der Waals surface area contributed by atoms with Crippen LogP contribution in [0.15, 0.2) is 28.7 Å². The van der Waals surface area contributed by atoms with E-state index in [1.807, 2.05) is 31.2 Å². The van der Waals surface area contributed by atoms with Crippen molar-refractivity contribution in [1.29, 1.82) is 0 Å². The van der Waals surface area contributed by atoms with Gasteiger partial charge >= 0.3 is 0 Å². The summed E-state index contributed by atoms with van der Waals surface area (Å²) in [6.45, 7) is 2.53. The third-order valence-corrected chi connectivity index (χ3v) is 4.72. The number of aliphatic hydroxyl groups excluding tert-OH is 1. The summed E-state index contributed by atoms with van der Waals surface area (Å²) in [4.78, 5) is 9.05. The zero-order valence-electron chi connectivity index (χ0n) is 13.8. The number of rotatable bonds is 6. The van der Waals surface area contributed by atoms with Gasteiger partial charge in [0.15, 0.2) is 0 Å². The number of halogens is 1. The van der Waals surface area contributed by atoms with E-state index in [1.54, 1.807) is 0 Å². The number of aliphatic hydroxyl groups is 1. The Morgan fingerprint density at radius 3 is 2.88 bits per heavy atom.